The summed E-state index contributed by atoms with van der Waals surface area (Å²) >= 11 is 0. The van der Waals surface area contributed by atoms with Crippen molar-refractivity contribution in [2.75, 3.05) is 0 Å². The smallest absolute Gasteiger partial charge is 0.119 e. The summed E-state index contributed by atoms with van der Waals surface area (Å²) < 4.78 is 0. The van der Waals surface area contributed by atoms with Gasteiger partial charge in [-0.25, -0.2) is 0 Å². The molecule has 0 radical (unpaired) electrons. The SMILES string of the molecule is N=C(N)Cc1cc(O)cc(O)c1. The molecule has 0 atom stereocenters. The van der Waals surface area contributed by atoms with Crippen LogP contribution in [0, 0.1) is 5.41 Å². The molecule has 1 rings (SSSR count). The van der Waals surface area contributed by atoms with Gasteiger partial charge in [-0.1, -0.05) is 0 Å². The van der Waals surface area contributed by atoms with Crippen molar-refractivity contribution < 1.29 is 10.2 Å². The molecule has 0 aromatic heterocycles. The van der Waals surface area contributed by atoms with Crippen LogP contribution < -0.4 is 5.73 Å². The average Bonchev–Trinajstić information content (AvgIpc) is 1.81. The summed E-state index contributed by atoms with van der Waals surface area (Å²) in [4.78, 5) is 0. The molecule has 0 fully saturated rings. The molecule has 0 amide bonds. The predicted octanol–water partition coefficient (Wildman–Crippen LogP) is 0.576. The van der Waals surface area contributed by atoms with Gasteiger partial charge >= 0.3 is 0 Å². The fourth-order valence-corrected chi connectivity index (χ4v) is 0.978. The van der Waals surface area contributed by atoms with Gasteiger partial charge in [0.2, 0.25) is 0 Å². The standard InChI is InChI=1S/C8H10N2O2/c9-8(10)3-5-1-6(11)4-7(12)2-5/h1-2,4,11-12H,3H2,(H3,9,10). The molecular weight excluding hydrogens is 156 g/mol. The zero-order chi connectivity index (χ0) is 9.14. The molecule has 5 N–H and O–H groups in total. The molecule has 0 aliphatic heterocycles. The Labute approximate surface area is 69.8 Å². The van der Waals surface area contributed by atoms with Crippen molar-refractivity contribution in [3.05, 3.63) is 23.8 Å². The van der Waals surface area contributed by atoms with E-state index in [2.05, 4.69) is 0 Å². The molecule has 0 aliphatic carbocycles. The number of phenolic OH excluding ortho intramolecular Hbond substituents is 2. The number of nitrogens with one attached hydrogen (secondary N) is 1. The van der Waals surface area contributed by atoms with Gasteiger partial charge in [0.25, 0.3) is 0 Å². The van der Waals surface area contributed by atoms with Gasteiger partial charge in [0, 0.05) is 12.5 Å². The first-order chi connectivity index (χ1) is 5.58. The lowest BCUT2D eigenvalue weighted by Gasteiger charge is -2.01. The predicted molar refractivity (Wildman–Crippen MR) is 45.4 cm³/mol. The summed E-state index contributed by atoms with van der Waals surface area (Å²) in [6.07, 6.45) is 0.238. The van der Waals surface area contributed by atoms with Gasteiger partial charge < -0.3 is 15.9 Å². The van der Waals surface area contributed by atoms with E-state index in [4.69, 9.17) is 21.4 Å². The Bertz CT molecular complexity index is 290. The third kappa shape index (κ3) is 2.16. The van der Waals surface area contributed by atoms with Gasteiger partial charge in [0.05, 0.1) is 5.84 Å². The molecule has 1 aromatic carbocycles. The summed E-state index contributed by atoms with van der Waals surface area (Å²) in [6, 6.07) is 4.14. The second kappa shape index (κ2) is 3.13. The molecule has 0 saturated heterocycles. The number of phenols is 2. The quantitative estimate of drug-likeness (QED) is 0.382. The van der Waals surface area contributed by atoms with Gasteiger partial charge in [-0.05, 0) is 17.7 Å². The molecule has 0 aliphatic rings. The number of nitrogens with two attached hydrogens (primary N) is 1. The Morgan fingerprint density at radius 1 is 1.25 bits per heavy atom. The number of benzene rings is 1. The zero-order valence-corrected chi connectivity index (χ0v) is 6.41. The second-order valence-electron chi connectivity index (χ2n) is 2.56. The van der Waals surface area contributed by atoms with E-state index in [0.29, 0.717) is 5.56 Å². The van der Waals surface area contributed by atoms with E-state index in [1.807, 2.05) is 0 Å². The molecule has 4 nitrogen and oxygen atoms in total. The third-order valence-electron chi connectivity index (χ3n) is 1.36. The van der Waals surface area contributed by atoms with E-state index in [1.54, 1.807) is 0 Å². The fraction of sp³-hybridized carbons (Fsp3) is 0.125. The highest BCUT2D eigenvalue weighted by Gasteiger charge is 1.99. The van der Waals surface area contributed by atoms with Crippen LogP contribution in [0.2, 0.25) is 0 Å². The van der Waals surface area contributed by atoms with E-state index in [0.717, 1.165) is 0 Å². The topological polar surface area (TPSA) is 90.3 Å². The first kappa shape index (κ1) is 8.39. The number of hydrogen-bond donors (Lipinski definition) is 4. The molecule has 64 valence electrons. The van der Waals surface area contributed by atoms with Crippen LogP contribution in [0.25, 0.3) is 0 Å². The maximum Gasteiger partial charge on any atom is 0.119 e. The van der Waals surface area contributed by atoms with Crippen molar-refractivity contribution in [2.24, 2.45) is 5.73 Å². The molecule has 0 saturated carbocycles. The van der Waals surface area contributed by atoms with Crippen molar-refractivity contribution >= 4 is 5.84 Å². The normalized spacial score (nSPS) is 9.67. The van der Waals surface area contributed by atoms with Crippen molar-refractivity contribution in [3.63, 3.8) is 0 Å². The molecule has 0 heterocycles. The van der Waals surface area contributed by atoms with Crippen molar-refractivity contribution in [1.29, 1.82) is 5.41 Å². The highest BCUT2D eigenvalue weighted by molar-refractivity contribution is 5.79. The fourth-order valence-electron chi connectivity index (χ4n) is 0.978. The van der Waals surface area contributed by atoms with Crippen molar-refractivity contribution in [2.45, 2.75) is 6.42 Å². The van der Waals surface area contributed by atoms with Crippen LogP contribution in [0.1, 0.15) is 5.56 Å². The number of hydrogen-bond acceptors (Lipinski definition) is 3. The minimum Gasteiger partial charge on any atom is -0.508 e. The molecular formula is C8H10N2O2. The Morgan fingerprint density at radius 2 is 1.75 bits per heavy atom. The molecule has 0 unspecified atom stereocenters. The largest absolute Gasteiger partial charge is 0.508 e. The first-order valence-corrected chi connectivity index (χ1v) is 3.43. The van der Waals surface area contributed by atoms with E-state index >= 15 is 0 Å². The summed E-state index contributed by atoms with van der Waals surface area (Å²) in [6.45, 7) is 0. The van der Waals surface area contributed by atoms with Crippen molar-refractivity contribution in [1.82, 2.24) is 0 Å². The van der Waals surface area contributed by atoms with E-state index in [9.17, 15) is 0 Å². The Morgan fingerprint density at radius 3 is 2.17 bits per heavy atom. The lowest BCUT2D eigenvalue weighted by atomic mass is 10.1. The summed E-state index contributed by atoms with van der Waals surface area (Å²) in [7, 11) is 0. The molecule has 1 aromatic rings. The maximum atomic E-state index is 9.04. The van der Waals surface area contributed by atoms with Crippen LogP contribution in [-0.4, -0.2) is 16.0 Å². The second-order valence-corrected chi connectivity index (χ2v) is 2.56. The number of rotatable bonds is 2. The monoisotopic (exact) mass is 166 g/mol. The first-order valence-electron chi connectivity index (χ1n) is 3.43. The maximum absolute atomic E-state index is 9.04. The number of aromatic hydroxyl groups is 2. The lowest BCUT2D eigenvalue weighted by Crippen LogP contribution is -2.12. The lowest BCUT2D eigenvalue weighted by molar-refractivity contribution is 0.449. The molecule has 12 heavy (non-hydrogen) atoms. The summed E-state index contributed by atoms with van der Waals surface area (Å²) in [5.74, 6) is -0.0440. The van der Waals surface area contributed by atoms with Gasteiger partial charge in [0.1, 0.15) is 11.5 Å². The van der Waals surface area contributed by atoms with E-state index in [1.165, 1.54) is 18.2 Å². The van der Waals surface area contributed by atoms with E-state index in [-0.39, 0.29) is 23.8 Å². The average molecular weight is 166 g/mol. The Balaban J connectivity index is 2.93. The van der Waals surface area contributed by atoms with Gasteiger partial charge in [0.15, 0.2) is 0 Å². The number of amidine groups is 1. The zero-order valence-electron chi connectivity index (χ0n) is 6.41. The Kier molecular flexibility index (Phi) is 2.19. The van der Waals surface area contributed by atoms with E-state index < -0.39 is 0 Å². The van der Waals surface area contributed by atoms with Crippen LogP contribution in [0.15, 0.2) is 18.2 Å². The molecule has 0 bridgehead atoms. The van der Waals surface area contributed by atoms with Crippen LogP contribution in [0.3, 0.4) is 0 Å². The highest BCUT2D eigenvalue weighted by atomic mass is 16.3. The van der Waals surface area contributed by atoms with Gasteiger partial charge in [-0.3, -0.25) is 5.41 Å². The van der Waals surface area contributed by atoms with Gasteiger partial charge in [-0.15, -0.1) is 0 Å². The molecule has 0 spiro atoms. The minimum atomic E-state index is -0.0220. The van der Waals surface area contributed by atoms with Crippen LogP contribution in [0.5, 0.6) is 11.5 Å². The van der Waals surface area contributed by atoms with Gasteiger partial charge in [-0.2, -0.15) is 0 Å². The summed E-state index contributed by atoms with van der Waals surface area (Å²) in [5, 5.41) is 25.1. The Hall–Kier alpha value is -1.71. The van der Waals surface area contributed by atoms with Crippen molar-refractivity contribution in [3.8, 4) is 11.5 Å². The molecule has 4 heteroatoms. The highest BCUT2D eigenvalue weighted by Crippen LogP contribution is 2.20. The third-order valence-corrected chi connectivity index (χ3v) is 1.36. The minimum absolute atomic E-state index is 0.000000000000000222. The summed E-state index contributed by atoms with van der Waals surface area (Å²) in [5.41, 5.74) is 5.77. The van der Waals surface area contributed by atoms with Crippen LogP contribution in [0.4, 0.5) is 0 Å². The van der Waals surface area contributed by atoms with Crippen LogP contribution in [-0.2, 0) is 6.42 Å². The van der Waals surface area contributed by atoms with Crippen LogP contribution >= 0.6 is 0 Å².